The molecule has 1 aliphatic heterocycles. The van der Waals surface area contributed by atoms with Crippen molar-refractivity contribution in [2.24, 2.45) is 0 Å². The highest BCUT2D eigenvalue weighted by Gasteiger charge is 2.41. The summed E-state index contributed by atoms with van der Waals surface area (Å²) in [6.45, 7) is 3.85. The van der Waals surface area contributed by atoms with Crippen molar-refractivity contribution >= 4 is 0 Å². The van der Waals surface area contributed by atoms with E-state index in [9.17, 15) is 9.90 Å². The lowest BCUT2D eigenvalue weighted by atomic mass is 10.2. The minimum absolute atomic E-state index is 0.252. The van der Waals surface area contributed by atoms with Crippen LogP contribution in [0.5, 0.6) is 5.88 Å². The second kappa shape index (κ2) is 5.90. The third-order valence-electron chi connectivity index (χ3n) is 3.42. The molecule has 112 valence electrons. The van der Waals surface area contributed by atoms with Gasteiger partial charge >= 0.3 is 5.69 Å². The molecule has 0 spiro atoms. The molecule has 20 heavy (non-hydrogen) atoms. The zero-order chi connectivity index (χ0) is 14.8. The lowest BCUT2D eigenvalue weighted by Gasteiger charge is -2.25. The minimum Gasteiger partial charge on any atom is -0.478 e. The Kier molecular flexibility index (Phi) is 4.42. The fraction of sp³-hybridized carbons (Fsp3) is 0.692. The first kappa shape index (κ1) is 15.0. The highest BCUT2D eigenvalue weighted by atomic mass is 16.7. The van der Waals surface area contributed by atoms with Crippen molar-refractivity contribution in [3.8, 4) is 5.88 Å². The number of ether oxygens (including phenoxy) is 3. The van der Waals surface area contributed by atoms with Crippen molar-refractivity contribution in [3.05, 3.63) is 22.2 Å². The first-order valence-electron chi connectivity index (χ1n) is 6.61. The van der Waals surface area contributed by atoms with Crippen LogP contribution in [-0.4, -0.2) is 40.8 Å². The molecule has 1 aliphatic rings. The molecule has 0 unspecified atom stereocenters. The topological polar surface area (TPSA) is 82.8 Å². The molecule has 0 aliphatic carbocycles. The number of rotatable bonds is 5. The second-order valence-corrected chi connectivity index (χ2v) is 4.74. The molecular weight excluding hydrogens is 264 g/mol. The molecule has 0 amide bonds. The molecule has 1 saturated heterocycles. The van der Waals surface area contributed by atoms with E-state index in [1.807, 2.05) is 13.8 Å². The molecule has 0 aromatic carbocycles. The van der Waals surface area contributed by atoms with Crippen LogP contribution in [0.4, 0.5) is 0 Å². The Labute approximate surface area is 117 Å². The molecule has 7 heteroatoms. The standard InChI is InChI=1S/C13H20N2O5/c1-4-19-11-9(2)7-15(12(17)14-11)10-5-6-13(8-16,18-3)20-10/h7,10,16H,4-6,8H2,1-3H3/t10-,13-/m1/s1. The number of methoxy groups -OCH3 is 1. The van der Waals surface area contributed by atoms with E-state index in [1.54, 1.807) is 6.20 Å². The molecule has 0 bridgehead atoms. The number of aryl methyl sites for hydroxylation is 1. The predicted octanol–water partition coefficient (Wildman–Crippen LogP) is 0.594. The molecule has 7 nitrogen and oxygen atoms in total. The summed E-state index contributed by atoms with van der Waals surface area (Å²) in [5.41, 5.74) is 0.322. The molecule has 1 aromatic heterocycles. The third-order valence-corrected chi connectivity index (χ3v) is 3.42. The Morgan fingerprint density at radius 2 is 2.40 bits per heavy atom. The van der Waals surface area contributed by atoms with Crippen LogP contribution in [0.25, 0.3) is 0 Å². The van der Waals surface area contributed by atoms with Gasteiger partial charge in [-0.15, -0.1) is 0 Å². The average molecular weight is 284 g/mol. The van der Waals surface area contributed by atoms with Crippen LogP contribution < -0.4 is 10.4 Å². The van der Waals surface area contributed by atoms with Gasteiger partial charge in [0.15, 0.2) is 5.79 Å². The Bertz CT molecular complexity index is 524. The van der Waals surface area contributed by atoms with E-state index in [2.05, 4.69) is 4.98 Å². The van der Waals surface area contributed by atoms with E-state index < -0.39 is 17.7 Å². The SMILES string of the molecule is CCOc1nc(=O)n([C@H]2CC[C@@](CO)(OC)O2)cc1C. The van der Waals surface area contributed by atoms with E-state index in [0.29, 0.717) is 25.3 Å². The number of nitrogens with zero attached hydrogens (tertiary/aromatic N) is 2. The lowest BCUT2D eigenvalue weighted by Crippen LogP contribution is -2.36. The van der Waals surface area contributed by atoms with E-state index in [0.717, 1.165) is 5.56 Å². The maximum absolute atomic E-state index is 12.0. The molecule has 0 radical (unpaired) electrons. The second-order valence-electron chi connectivity index (χ2n) is 4.74. The predicted molar refractivity (Wildman–Crippen MR) is 70.6 cm³/mol. The van der Waals surface area contributed by atoms with Crippen molar-refractivity contribution in [1.29, 1.82) is 0 Å². The van der Waals surface area contributed by atoms with Crippen molar-refractivity contribution in [2.45, 2.75) is 38.7 Å². The van der Waals surface area contributed by atoms with Crippen molar-refractivity contribution < 1.29 is 19.3 Å². The average Bonchev–Trinajstić information content (AvgIpc) is 2.88. The van der Waals surface area contributed by atoms with Gasteiger partial charge in [0.2, 0.25) is 5.88 Å². The summed E-state index contributed by atoms with van der Waals surface area (Å²) in [5.74, 6) is -0.691. The number of aliphatic hydroxyl groups is 1. The van der Waals surface area contributed by atoms with Crippen molar-refractivity contribution in [2.75, 3.05) is 20.3 Å². The van der Waals surface area contributed by atoms with Crippen LogP contribution in [-0.2, 0) is 9.47 Å². The summed E-state index contributed by atoms with van der Waals surface area (Å²) in [5, 5.41) is 9.35. The smallest absolute Gasteiger partial charge is 0.352 e. The summed E-state index contributed by atoms with van der Waals surface area (Å²) in [6, 6.07) is 0. The number of aliphatic hydroxyl groups excluding tert-OH is 1. The number of hydrogen-bond donors (Lipinski definition) is 1. The first-order chi connectivity index (χ1) is 9.55. The molecule has 2 rings (SSSR count). The Morgan fingerprint density at radius 1 is 1.65 bits per heavy atom. The van der Waals surface area contributed by atoms with Crippen molar-refractivity contribution in [1.82, 2.24) is 9.55 Å². The van der Waals surface area contributed by atoms with Crippen LogP contribution in [0.2, 0.25) is 0 Å². The zero-order valence-corrected chi connectivity index (χ0v) is 12.0. The van der Waals surface area contributed by atoms with Crippen LogP contribution in [0, 0.1) is 6.92 Å². The lowest BCUT2D eigenvalue weighted by molar-refractivity contribution is -0.242. The van der Waals surface area contributed by atoms with Crippen LogP contribution in [0.3, 0.4) is 0 Å². The first-order valence-corrected chi connectivity index (χ1v) is 6.61. The van der Waals surface area contributed by atoms with Crippen molar-refractivity contribution in [3.63, 3.8) is 0 Å². The molecule has 0 saturated carbocycles. The molecule has 2 heterocycles. The van der Waals surface area contributed by atoms with Gasteiger partial charge < -0.3 is 19.3 Å². The van der Waals surface area contributed by atoms with Gasteiger partial charge in [-0.25, -0.2) is 4.79 Å². The zero-order valence-electron chi connectivity index (χ0n) is 12.0. The molecule has 1 aromatic rings. The van der Waals surface area contributed by atoms with Crippen LogP contribution in [0.15, 0.2) is 11.0 Å². The Hall–Kier alpha value is -1.44. The molecule has 1 N–H and O–H groups in total. The summed E-state index contributed by atoms with van der Waals surface area (Å²) in [6.07, 6.45) is 2.26. The summed E-state index contributed by atoms with van der Waals surface area (Å²) < 4.78 is 17.6. The Morgan fingerprint density at radius 3 is 2.95 bits per heavy atom. The molecular formula is C13H20N2O5. The summed E-state index contributed by atoms with van der Waals surface area (Å²) in [7, 11) is 1.48. The normalized spacial score (nSPS) is 25.9. The highest BCUT2D eigenvalue weighted by Crippen LogP contribution is 2.36. The van der Waals surface area contributed by atoms with Crippen LogP contribution in [0.1, 0.15) is 31.6 Å². The quantitative estimate of drug-likeness (QED) is 0.852. The Balaban J connectivity index is 2.27. The van der Waals surface area contributed by atoms with Gasteiger partial charge in [-0.2, -0.15) is 4.98 Å². The fourth-order valence-corrected chi connectivity index (χ4v) is 2.28. The summed E-state index contributed by atoms with van der Waals surface area (Å²) in [4.78, 5) is 15.9. The highest BCUT2D eigenvalue weighted by molar-refractivity contribution is 5.20. The maximum Gasteiger partial charge on any atom is 0.352 e. The van der Waals surface area contributed by atoms with Gasteiger partial charge in [-0.1, -0.05) is 0 Å². The van der Waals surface area contributed by atoms with Gasteiger partial charge in [0.05, 0.1) is 13.2 Å². The van der Waals surface area contributed by atoms with Gasteiger partial charge in [-0.05, 0) is 20.3 Å². The van der Waals surface area contributed by atoms with Gasteiger partial charge in [0.25, 0.3) is 0 Å². The van der Waals surface area contributed by atoms with E-state index in [1.165, 1.54) is 11.7 Å². The fourth-order valence-electron chi connectivity index (χ4n) is 2.28. The maximum atomic E-state index is 12.0. The largest absolute Gasteiger partial charge is 0.478 e. The van der Waals surface area contributed by atoms with Crippen LogP contribution >= 0.6 is 0 Å². The summed E-state index contributed by atoms with van der Waals surface area (Å²) >= 11 is 0. The van der Waals surface area contributed by atoms with E-state index >= 15 is 0 Å². The minimum atomic E-state index is -1.03. The van der Waals surface area contributed by atoms with E-state index in [-0.39, 0.29) is 6.61 Å². The molecule has 2 atom stereocenters. The van der Waals surface area contributed by atoms with Gasteiger partial charge in [0.1, 0.15) is 6.23 Å². The number of aromatic nitrogens is 2. The third kappa shape index (κ3) is 2.70. The number of hydrogen-bond acceptors (Lipinski definition) is 6. The van der Waals surface area contributed by atoms with E-state index in [4.69, 9.17) is 14.2 Å². The monoisotopic (exact) mass is 284 g/mol. The van der Waals surface area contributed by atoms with Gasteiger partial charge in [-0.3, -0.25) is 4.57 Å². The molecule has 1 fully saturated rings. The van der Waals surface area contributed by atoms with Gasteiger partial charge in [0, 0.05) is 25.3 Å².